The van der Waals surface area contributed by atoms with E-state index in [4.69, 9.17) is 0 Å². The molecule has 0 saturated heterocycles. The number of aromatic nitrogens is 1. The third-order valence-corrected chi connectivity index (χ3v) is 5.83. The quantitative estimate of drug-likeness (QED) is 0.301. The number of sulfonamides is 1. The Morgan fingerprint density at radius 2 is 1.33 bits per heavy atom. The van der Waals surface area contributed by atoms with Gasteiger partial charge in [0.25, 0.3) is 21.8 Å². The number of pyridine rings is 1. The van der Waals surface area contributed by atoms with Gasteiger partial charge in [-0.05, 0) is 54.6 Å². The molecule has 36 heavy (non-hydrogen) atoms. The molecular formula is C23H22N6O6S. The lowest BCUT2D eigenvalue weighted by Gasteiger charge is -2.11. The zero-order valence-electron chi connectivity index (χ0n) is 19.2. The summed E-state index contributed by atoms with van der Waals surface area (Å²) in [6.07, 6.45) is 0. The first-order valence-corrected chi connectivity index (χ1v) is 11.9. The van der Waals surface area contributed by atoms with Crippen molar-refractivity contribution in [2.45, 2.75) is 18.7 Å². The number of nitrogens with one attached hydrogen (secondary N) is 5. The summed E-state index contributed by atoms with van der Waals surface area (Å²) in [6.45, 7) is 2.63. The molecule has 0 radical (unpaired) electrons. The van der Waals surface area contributed by atoms with Crippen molar-refractivity contribution in [3.8, 4) is 0 Å². The van der Waals surface area contributed by atoms with Crippen LogP contribution < -0.4 is 26.2 Å². The molecule has 1 heterocycles. The molecule has 5 N–H and O–H groups in total. The molecule has 0 aliphatic rings. The number of carbonyl (C=O) groups is 4. The lowest BCUT2D eigenvalue weighted by atomic mass is 10.2. The van der Waals surface area contributed by atoms with Crippen molar-refractivity contribution in [3.63, 3.8) is 0 Å². The van der Waals surface area contributed by atoms with Crippen LogP contribution in [0.4, 0.5) is 17.2 Å². The monoisotopic (exact) mass is 510 g/mol. The Bertz CT molecular complexity index is 1420. The molecule has 13 heteroatoms. The van der Waals surface area contributed by atoms with Crippen LogP contribution >= 0.6 is 0 Å². The Kier molecular flexibility index (Phi) is 7.96. The van der Waals surface area contributed by atoms with Gasteiger partial charge in [-0.15, -0.1) is 0 Å². The van der Waals surface area contributed by atoms with E-state index in [-0.39, 0.29) is 39.5 Å². The number of nitrogens with zero attached hydrogens (tertiary/aromatic N) is 1. The van der Waals surface area contributed by atoms with Crippen LogP contribution in [0.3, 0.4) is 0 Å². The van der Waals surface area contributed by atoms with Crippen LogP contribution in [0.1, 0.15) is 34.7 Å². The molecule has 0 aliphatic carbocycles. The van der Waals surface area contributed by atoms with Crippen LogP contribution in [0.15, 0.2) is 71.6 Å². The van der Waals surface area contributed by atoms with Crippen molar-refractivity contribution in [3.05, 3.63) is 78.0 Å². The smallest absolute Gasteiger partial charge is 0.288 e. The fourth-order valence-electron chi connectivity index (χ4n) is 2.92. The predicted molar refractivity (Wildman–Crippen MR) is 131 cm³/mol. The molecule has 0 saturated carbocycles. The van der Waals surface area contributed by atoms with Crippen molar-refractivity contribution in [2.24, 2.45) is 0 Å². The van der Waals surface area contributed by atoms with Gasteiger partial charge in [0.2, 0.25) is 11.8 Å². The maximum absolute atomic E-state index is 12.7. The van der Waals surface area contributed by atoms with Crippen LogP contribution in [0.2, 0.25) is 0 Å². The zero-order chi connectivity index (χ0) is 26.3. The molecule has 0 fully saturated rings. The topological polar surface area (TPSA) is 175 Å². The maximum Gasteiger partial charge on any atom is 0.288 e. The summed E-state index contributed by atoms with van der Waals surface area (Å²) in [5.41, 5.74) is 5.11. The van der Waals surface area contributed by atoms with Crippen molar-refractivity contribution >= 4 is 50.8 Å². The summed E-state index contributed by atoms with van der Waals surface area (Å²) in [7, 11) is -3.98. The Morgan fingerprint density at radius 3 is 2.00 bits per heavy atom. The summed E-state index contributed by atoms with van der Waals surface area (Å²) in [5.74, 6) is -1.89. The second-order valence-electron chi connectivity index (χ2n) is 7.39. The van der Waals surface area contributed by atoms with E-state index in [2.05, 4.69) is 31.2 Å². The molecule has 186 valence electrons. The van der Waals surface area contributed by atoms with Crippen LogP contribution in [0, 0.1) is 0 Å². The van der Waals surface area contributed by atoms with E-state index in [9.17, 15) is 27.6 Å². The number of rotatable bonds is 7. The van der Waals surface area contributed by atoms with E-state index in [0.29, 0.717) is 5.69 Å². The molecule has 0 bridgehead atoms. The van der Waals surface area contributed by atoms with E-state index in [1.807, 2.05) is 0 Å². The molecule has 4 amide bonds. The molecule has 0 unspecified atom stereocenters. The van der Waals surface area contributed by atoms with Crippen LogP contribution in [0.5, 0.6) is 0 Å². The second kappa shape index (κ2) is 11.1. The van der Waals surface area contributed by atoms with Gasteiger partial charge in [0.15, 0.2) is 0 Å². The highest BCUT2D eigenvalue weighted by molar-refractivity contribution is 7.92. The minimum absolute atomic E-state index is 0.0448. The third-order valence-electron chi connectivity index (χ3n) is 4.44. The van der Waals surface area contributed by atoms with Crippen molar-refractivity contribution in [2.75, 3.05) is 15.4 Å². The van der Waals surface area contributed by atoms with E-state index in [1.54, 1.807) is 12.1 Å². The highest BCUT2D eigenvalue weighted by Gasteiger charge is 2.16. The van der Waals surface area contributed by atoms with Gasteiger partial charge in [0.1, 0.15) is 11.5 Å². The fraction of sp³-hybridized carbons (Fsp3) is 0.0870. The van der Waals surface area contributed by atoms with E-state index >= 15 is 0 Å². The number of benzene rings is 2. The van der Waals surface area contributed by atoms with E-state index < -0.39 is 21.8 Å². The van der Waals surface area contributed by atoms with Gasteiger partial charge in [-0.1, -0.05) is 12.1 Å². The van der Waals surface area contributed by atoms with Crippen molar-refractivity contribution < 1.29 is 27.6 Å². The number of hydrogen-bond acceptors (Lipinski definition) is 7. The van der Waals surface area contributed by atoms with Crippen LogP contribution in [-0.4, -0.2) is 37.0 Å². The second-order valence-corrected chi connectivity index (χ2v) is 9.07. The molecule has 3 rings (SSSR count). The summed E-state index contributed by atoms with van der Waals surface area (Å²) in [5, 5.41) is 5.01. The van der Waals surface area contributed by atoms with Crippen LogP contribution in [0.25, 0.3) is 0 Å². The van der Waals surface area contributed by atoms with Gasteiger partial charge in [-0.2, -0.15) is 0 Å². The molecule has 12 nitrogen and oxygen atoms in total. The average molecular weight is 511 g/mol. The van der Waals surface area contributed by atoms with Gasteiger partial charge in [-0.25, -0.2) is 13.4 Å². The fourth-order valence-corrected chi connectivity index (χ4v) is 3.97. The van der Waals surface area contributed by atoms with Crippen molar-refractivity contribution in [1.29, 1.82) is 0 Å². The Balaban J connectivity index is 1.62. The van der Waals surface area contributed by atoms with Gasteiger partial charge < -0.3 is 10.6 Å². The molecule has 0 spiro atoms. The summed E-state index contributed by atoms with van der Waals surface area (Å²) < 4.78 is 27.8. The highest BCUT2D eigenvalue weighted by atomic mass is 32.2. The molecule has 2 aromatic carbocycles. The number of anilines is 3. The molecule has 3 aromatic rings. The van der Waals surface area contributed by atoms with Gasteiger partial charge >= 0.3 is 0 Å². The minimum Gasteiger partial charge on any atom is -0.326 e. The van der Waals surface area contributed by atoms with Crippen molar-refractivity contribution in [1.82, 2.24) is 15.8 Å². The Morgan fingerprint density at radius 1 is 0.722 bits per heavy atom. The number of carbonyl (C=O) groups excluding carboxylic acids is 4. The van der Waals surface area contributed by atoms with Crippen LogP contribution in [-0.2, 0) is 19.6 Å². The summed E-state index contributed by atoms with van der Waals surface area (Å²) in [4.78, 5) is 50.8. The predicted octanol–water partition coefficient (Wildman–Crippen LogP) is 1.87. The van der Waals surface area contributed by atoms with Gasteiger partial charge in [-0.3, -0.25) is 34.8 Å². The highest BCUT2D eigenvalue weighted by Crippen LogP contribution is 2.20. The van der Waals surface area contributed by atoms with E-state index in [0.717, 1.165) is 0 Å². The average Bonchev–Trinajstić information content (AvgIpc) is 2.81. The molecule has 0 aliphatic heterocycles. The Hall–Kier alpha value is -4.78. The normalized spacial score (nSPS) is 10.6. The molecular weight excluding hydrogens is 488 g/mol. The van der Waals surface area contributed by atoms with Gasteiger partial charge in [0.05, 0.1) is 10.6 Å². The first-order chi connectivity index (χ1) is 17.0. The zero-order valence-corrected chi connectivity index (χ0v) is 20.0. The minimum atomic E-state index is -3.98. The maximum atomic E-state index is 12.7. The first kappa shape index (κ1) is 25.8. The summed E-state index contributed by atoms with van der Waals surface area (Å²) in [6, 6.07) is 15.6. The lowest BCUT2D eigenvalue weighted by Crippen LogP contribution is -2.42. The molecule has 1 aromatic heterocycles. The third kappa shape index (κ3) is 7.11. The summed E-state index contributed by atoms with van der Waals surface area (Å²) >= 11 is 0. The lowest BCUT2D eigenvalue weighted by molar-refractivity contribution is -0.115. The standard InChI is InChI=1S/C23H22N6O6S/c1-14(30)24-17-5-3-6-18(13-17)29-36(34,35)19-11-9-16(10-12-19)22(32)27-28-23(33)20-7-4-8-21(26-20)25-15(2)31/h3-13,29H,1-2H3,(H,24,30)(H,27,32)(H,28,33)(H,25,26,31). The number of hydrazine groups is 1. The molecule has 0 atom stereocenters. The SMILES string of the molecule is CC(=O)Nc1cccc(NS(=O)(=O)c2ccc(C(=O)NNC(=O)c3cccc(NC(C)=O)n3)cc2)c1. The largest absolute Gasteiger partial charge is 0.326 e. The number of hydrogen-bond donors (Lipinski definition) is 5. The number of amides is 4. The Labute approximate surface area is 206 Å². The first-order valence-electron chi connectivity index (χ1n) is 10.4. The van der Waals surface area contributed by atoms with E-state index in [1.165, 1.54) is 68.4 Å². The van der Waals surface area contributed by atoms with Gasteiger partial charge in [0, 0.05) is 25.1 Å².